The van der Waals surface area contributed by atoms with Crippen molar-refractivity contribution in [1.29, 1.82) is 0 Å². The number of nitrogens with one attached hydrogen (secondary N) is 1. The van der Waals surface area contributed by atoms with Gasteiger partial charge in [-0.25, -0.2) is 4.98 Å². The van der Waals surface area contributed by atoms with Gasteiger partial charge in [0.15, 0.2) is 11.5 Å². The zero-order chi connectivity index (χ0) is 14.7. The lowest BCUT2D eigenvalue weighted by molar-refractivity contribution is 0.373. The molecule has 0 aliphatic rings. The van der Waals surface area contributed by atoms with Crippen molar-refractivity contribution in [3.8, 4) is 11.5 Å². The molecule has 0 radical (unpaired) electrons. The maximum Gasteiger partial charge on any atom is 0.204 e. The molecule has 0 unspecified atom stereocenters. The van der Waals surface area contributed by atoms with Gasteiger partial charge in [0, 0.05) is 0 Å². The zero-order valence-corrected chi connectivity index (χ0v) is 12.1. The Kier molecular flexibility index (Phi) is 3.70. The highest BCUT2D eigenvalue weighted by molar-refractivity contribution is 7.22. The molecule has 1 aromatic heterocycles. The molecule has 1 heterocycles. The van der Waals surface area contributed by atoms with Crippen molar-refractivity contribution in [2.24, 2.45) is 5.10 Å². The van der Waals surface area contributed by atoms with Crippen LogP contribution in [0.1, 0.15) is 5.56 Å². The first kappa shape index (κ1) is 13.4. The standard InChI is InChI=1S/C15H13N3O2S/c1-20-13-7-6-10(8-12(13)19)9-16-18-15-17-11-4-2-3-5-14(11)21-15/h2-9,19H,1H3,(H,17,18)/b16-9-. The number of para-hydroxylation sites is 1. The maximum atomic E-state index is 9.69. The normalized spacial score (nSPS) is 11.1. The topological polar surface area (TPSA) is 66.7 Å². The van der Waals surface area contributed by atoms with Gasteiger partial charge in [-0.3, -0.25) is 5.43 Å². The molecule has 0 bridgehead atoms. The summed E-state index contributed by atoms with van der Waals surface area (Å²) < 4.78 is 6.10. The van der Waals surface area contributed by atoms with Gasteiger partial charge in [-0.1, -0.05) is 23.5 Å². The van der Waals surface area contributed by atoms with Crippen LogP contribution in [0.2, 0.25) is 0 Å². The van der Waals surface area contributed by atoms with Crippen LogP contribution in [0, 0.1) is 0 Å². The number of methoxy groups -OCH3 is 1. The Labute approximate surface area is 125 Å². The van der Waals surface area contributed by atoms with Gasteiger partial charge < -0.3 is 9.84 Å². The Morgan fingerprint density at radius 3 is 2.90 bits per heavy atom. The molecule has 0 amide bonds. The number of benzene rings is 2. The van der Waals surface area contributed by atoms with E-state index in [4.69, 9.17) is 4.74 Å². The molecule has 5 nitrogen and oxygen atoms in total. The minimum absolute atomic E-state index is 0.0847. The van der Waals surface area contributed by atoms with E-state index < -0.39 is 0 Å². The minimum atomic E-state index is 0.0847. The summed E-state index contributed by atoms with van der Waals surface area (Å²) in [5.41, 5.74) is 4.61. The summed E-state index contributed by atoms with van der Waals surface area (Å²) in [5.74, 6) is 0.521. The first-order chi connectivity index (χ1) is 10.3. The smallest absolute Gasteiger partial charge is 0.204 e. The summed E-state index contributed by atoms with van der Waals surface area (Å²) in [5, 5.41) is 14.5. The number of hydrogen-bond acceptors (Lipinski definition) is 6. The number of fused-ring (bicyclic) bond motifs is 1. The Bertz CT molecular complexity index is 765. The number of aromatic hydroxyl groups is 1. The van der Waals surface area contributed by atoms with Crippen LogP contribution >= 0.6 is 11.3 Å². The summed E-state index contributed by atoms with van der Waals surface area (Å²) >= 11 is 1.54. The van der Waals surface area contributed by atoms with Gasteiger partial charge in [0.1, 0.15) is 0 Å². The third-order valence-corrected chi connectivity index (χ3v) is 3.81. The average molecular weight is 299 g/mol. The van der Waals surface area contributed by atoms with Gasteiger partial charge in [0.05, 0.1) is 23.5 Å². The van der Waals surface area contributed by atoms with Crippen LogP contribution in [-0.2, 0) is 0 Å². The number of nitrogens with zero attached hydrogens (tertiary/aromatic N) is 2. The fourth-order valence-electron chi connectivity index (χ4n) is 1.87. The quantitative estimate of drug-likeness (QED) is 0.572. The second-order valence-electron chi connectivity index (χ2n) is 4.29. The lowest BCUT2D eigenvalue weighted by Crippen LogP contribution is -1.90. The predicted octanol–water partition coefficient (Wildman–Crippen LogP) is 3.46. The van der Waals surface area contributed by atoms with Gasteiger partial charge in [-0.2, -0.15) is 5.10 Å². The lowest BCUT2D eigenvalue weighted by atomic mass is 10.2. The second-order valence-corrected chi connectivity index (χ2v) is 5.32. The Morgan fingerprint density at radius 1 is 1.29 bits per heavy atom. The summed E-state index contributed by atoms with van der Waals surface area (Å²) in [6.45, 7) is 0. The van der Waals surface area contributed by atoms with Crippen LogP contribution in [0.5, 0.6) is 11.5 Å². The van der Waals surface area contributed by atoms with Gasteiger partial charge in [0.2, 0.25) is 5.13 Å². The number of ether oxygens (including phenoxy) is 1. The van der Waals surface area contributed by atoms with Crippen molar-refractivity contribution in [2.75, 3.05) is 12.5 Å². The molecule has 3 rings (SSSR count). The SMILES string of the molecule is COc1ccc(/C=N\Nc2nc3ccccc3s2)cc1O. The first-order valence-electron chi connectivity index (χ1n) is 6.28. The van der Waals surface area contributed by atoms with Crippen LogP contribution in [0.3, 0.4) is 0 Å². The van der Waals surface area contributed by atoms with Crippen LogP contribution in [0.15, 0.2) is 47.6 Å². The molecule has 0 saturated heterocycles. The Balaban J connectivity index is 1.73. The highest BCUT2D eigenvalue weighted by Crippen LogP contribution is 2.26. The molecule has 2 N–H and O–H groups in total. The molecule has 0 saturated carbocycles. The van der Waals surface area contributed by atoms with Crippen molar-refractivity contribution in [1.82, 2.24) is 4.98 Å². The number of anilines is 1. The van der Waals surface area contributed by atoms with Crippen LogP contribution in [0.4, 0.5) is 5.13 Å². The van der Waals surface area contributed by atoms with Gasteiger partial charge in [-0.05, 0) is 35.9 Å². The highest BCUT2D eigenvalue weighted by Gasteiger charge is 2.02. The molecule has 106 valence electrons. The Hall–Kier alpha value is -2.60. The summed E-state index contributed by atoms with van der Waals surface area (Å²) in [6, 6.07) is 13.0. The lowest BCUT2D eigenvalue weighted by Gasteiger charge is -2.02. The first-order valence-corrected chi connectivity index (χ1v) is 7.09. The van der Waals surface area contributed by atoms with Gasteiger partial charge in [0.25, 0.3) is 0 Å². The van der Waals surface area contributed by atoms with E-state index in [0.29, 0.717) is 5.75 Å². The zero-order valence-electron chi connectivity index (χ0n) is 11.3. The minimum Gasteiger partial charge on any atom is -0.504 e. The molecule has 21 heavy (non-hydrogen) atoms. The monoisotopic (exact) mass is 299 g/mol. The third kappa shape index (κ3) is 2.95. The summed E-state index contributed by atoms with van der Waals surface area (Å²) in [4.78, 5) is 4.41. The van der Waals surface area contributed by atoms with E-state index >= 15 is 0 Å². The molecule has 0 fully saturated rings. The van der Waals surface area contributed by atoms with Gasteiger partial charge >= 0.3 is 0 Å². The van der Waals surface area contributed by atoms with E-state index in [0.717, 1.165) is 20.9 Å². The molecule has 0 aliphatic carbocycles. The molecular formula is C15H13N3O2S. The van der Waals surface area contributed by atoms with E-state index in [1.807, 2.05) is 30.3 Å². The fourth-order valence-corrected chi connectivity index (χ4v) is 2.68. The molecule has 0 spiro atoms. The molecular weight excluding hydrogens is 286 g/mol. The van der Waals surface area contributed by atoms with E-state index in [2.05, 4.69) is 15.5 Å². The maximum absolute atomic E-state index is 9.69. The van der Waals surface area contributed by atoms with Crippen molar-refractivity contribution < 1.29 is 9.84 Å². The van der Waals surface area contributed by atoms with Crippen molar-refractivity contribution in [3.05, 3.63) is 48.0 Å². The van der Waals surface area contributed by atoms with Crippen LogP contribution in [-0.4, -0.2) is 23.4 Å². The number of hydrazone groups is 1. The fraction of sp³-hybridized carbons (Fsp3) is 0.0667. The van der Waals surface area contributed by atoms with E-state index in [-0.39, 0.29) is 5.75 Å². The molecule has 0 atom stereocenters. The second kappa shape index (κ2) is 5.80. The molecule has 3 aromatic rings. The number of hydrogen-bond donors (Lipinski definition) is 2. The predicted molar refractivity (Wildman–Crippen MR) is 85.5 cm³/mol. The number of rotatable bonds is 4. The van der Waals surface area contributed by atoms with Crippen LogP contribution in [0.25, 0.3) is 10.2 Å². The summed E-state index contributed by atoms with van der Waals surface area (Å²) in [7, 11) is 1.51. The Morgan fingerprint density at radius 2 is 2.14 bits per heavy atom. The molecule has 6 heteroatoms. The molecule has 2 aromatic carbocycles. The van der Waals surface area contributed by atoms with E-state index in [1.54, 1.807) is 18.3 Å². The van der Waals surface area contributed by atoms with Crippen molar-refractivity contribution in [2.45, 2.75) is 0 Å². The van der Waals surface area contributed by atoms with Crippen LogP contribution < -0.4 is 10.2 Å². The number of phenols is 1. The third-order valence-electron chi connectivity index (χ3n) is 2.87. The number of phenolic OH excluding ortho intramolecular Hbond substituents is 1. The number of thiazole rings is 1. The van der Waals surface area contributed by atoms with Crippen molar-refractivity contribution >= 4 is 32.9 Å². The van der Waals surface area contributed by atoms with E-state index in [9.17, 15) is 5.11 Å². The summed E-state index contributed by atoms with van der Waals surface area (Å²) in [6.07, 6.45) is 1.62. The highest BCUT2D eigenvalue weighted by atomic mass is 32.1. The van der Waals surface area contributed by atoms with Crippen molar-refractivity contribution in [3.63, 3.8) is 0 Å². The molecule has 0 aliphatic heterocycles. The average Bonchev–Trinajstić information content (AvgIpc) is 2.90. The van der Waals surface area contributed by atoms with E-state index in [1.165, 1.54) is 18.4 Å². The van der Waals surface area contributed by atoms with Gasteiger partial charge in [-0.15, -0.1) is 0 Å². The number of aromatic nitrogens is 1. The largest absolute Gasteiger partial charge is 0.504 e.